The van der Waals surface area contributed by atoms with E-state index in [-0.39, 0.29) is 17.4 Å². The highest BCUT2D eigenvalue weighted by molar-refractivity contribution is 5.95. The summed E-state index contributed by atoms with van der Waals surface area (Å²) in [5.41, 5.74) is 1.27. The maximum absolute atomic E-state index is 12.4. The molecule has 5 nitrogen and oxygen atoms in total. The number of para-hydroxylation sites is 1. The minimum atomic E-state index is -2.99. The number of ether oxygens (including phenoxy) is 3. The lowest BCUT2D eigenvalue weighted by atomic mass is 10.1. The summed E-state index contributed by atoms with van der Waals surface area (Å²) in [6.07, 6.45) is -0.206. The highest BCUT2D eigenvalue weighted by Crippen LogP contribution is 2.32. The van der Waals surface area contributed by atoms with Gasteiger partial charge in [0.1, 0.15) is 5.75 Å². The van der Waals surface area contributed by atoms with Gasteiger partial charge in [0.25, 0.3) is 5.91 Å². The normalized spacial score (nSPS) is 15.6. The lowest BCUT2D eigenvalue weighted by Gasteiger charge is -2.14. The molecule has 2 aromatic rings. The Balaban J connectivity index is 1.71. The Morgan fingerprint density at radius 2 is 2.04 bits per heavy atom. The van der Waals surface area contributed by atoms with Gasteiger partial charge in [-0.2, -0.15) is 8.78 Å². The van der Waals surface area contributed by atoms with E-state index in [0.717, 1.165) is 5.56 Å². The van der Waals surface area contributed by atoms with Gasteiger partial charge < -0.3 is 19.5 Å². The van der Waals surface area contributed by atoms with Crippen LogP contribution in [0.5, 0.6) is 17.2 Å². The van der Waals surface area contributed by atoms with Crippen molar-refractivity contribution in [1.29, 1.82) is 0 Å². The molecule has 1 N–H and O–H groups in total. The molecule has 0 saturated heterocycles. The van der Waals surface area contributed by atoms with E-state index in [1.54, 1.807) is 6.07 Å². The number of fused-ring (bicyclic) bond motifs is 1. The minimum absolute atomic E-state index is 0.151. The number of alkyl halides is 2. The van der Waals surface area contributed by atoms with Gasteiger partial charge in [0.05, 0.1) is 7.11 Å². The van der Waals surface area contributed by atoms with E-state index < -0.39 is 12.7 Å². The summed E-state index contributed by atoms with van der Waals surface area (Å²) in [6.45, 7) is -2.99. The monoisotopic (exact) mass is 335 g/mol. The third-order valence-electron chi connectivity index (χ3n) is 3.59. The summed E-state index contributed by atoms with van der Waals surface area (Å²) in [6, 6.07) is 11.7. The van der Waals surface area contributed by atoms with Crippen LogP contribution in [0.25, 0.3) is 0 Å². The van der Waals surface area contributed by atoms with E-state index in [9.17, 15) is 13.6 Å². The van der Waals surface area contributed by atoms with E-state index >= 15 is 0 Å². The first-order valence-corrected chi connectivity index (χ1v) is 7.25. The highest BCUT2D eigenvalue weighted by Gasteiger charge is 2.29. The Bertz CT molecular complexity index is 726. The van der Waals surface area contributed by atoms with Crippen LogP contribution in [0, 0.1) is 0 Å². The van der Waals surface area contributed by atoms with Crippen LogP contribution < -0.4 is 19.5 Å². The fourth-order valence-corrected chi connectivity index (χ4v) is 2.49. The van der Waals surface area contributed by atoms with Gasteiger partial charge in [-0.05, 0) is 23.8 Å². The van der Waals surface area contributed by atoms with Crippen molar-refractivity contribution in [3.05, 3.63) is 48.0 Å². The Hall–Kier alpha value is -2.83. The Labute approximate surface area is 137 Å². The maximum atomic E-state index is 12.4. The Morgan fingerprint density at radius 3 is 2.75 bits per heavy atom. The predicted molar refractivity (Wildman–Crippen MR) is 82.8 cm³/mol. The number of nitrogens with one attached hydrogen (secondary N) is 1. The van der Waals surface area contributed by atoms with Crippen LogP contribution >= 0.6 is 0 Å². The molecule has 0 spiro atoms. The molecule has 0 saturated carbocycles. The lowest BCUT2D eigenvalue weighted by Crippen LogP contribution is -2.31. The van der Waals surface area contributed by atoms with Crippen LogP contribution in [0.2, 0.25) is 0 Å². The van der Waals surface area contributed by atoms with Crippen LogP contribution in [0.3, 0.4) is 0 Å². The number of anilines is 1. The molecule has 1 aliphatic heterocycles. The van der Waals surface area contributed by atoms with E-state index in [2.05, 4.69) is 10.1 Å². The average Bonchev–Trinajstić information content (AvgIpc) is 2.99. The number of carbonyl (C=O) groups excluding carboxylic acids is 1. The summed E-state index contributed by atoms with van der Waals surface area (Å²) in [5, 5.41) is 2.64. The summed E-state index contributed by atoms with van der Waals surface area (Å²) in [4.78, 5) is 12.3. The zero-order valence-corrected chi connectivity index (χ0v) is 12.8. The fraction of sp³-hybridized carbons (Fsp3) is 0.235. The minimum Gasteiger partial charge on any atom is -0.493 e. The first-order valence-electron chi connectivity index (χ1n) is 7.25. The van der Waals surface area contributed by atoms with Crippen molar-refractivity contribution >= 4 is 11.6 Å². The lowest BCUT2D eigenvalue weighted by molar-refractivity contribution is -0.122. The molecule has 0 aromatic heterocycles. The Kier molecular flexibility index (Phi) is 4.50. The molecule has 1 heterocycles. The molecule has 2 aromatic carbocycles. The molecule has 0 aliphatic carbocycles. The molecule has 1 aliphatic rings. The molecule has 1 atom stereocenters. The number of halogens is 2. The molecule has 1 unspecified atom stereocenters. The molecule has 0 fully saturated rings. The molecule has 24 heavy (non-hydrogen) atoms. The van der Waals surface area contributed by atoms with Crippen LogP contribution in [0.1, 0.15) is 5.56 Å². The largest absolute Gasteiger partial charge is 0.493 e. The van der Waals surface area contributed by atoms with Gasteiger partial charge >= 0.3 is 6.61 Å². The molecule has 7 heteroatoms. The fourth-order valence-electron chi connectivity index (χ4n) is 2.49. The first-order chi connectivity index (χ1) is 11.6. The molecule has 0 radical (unpaired) electrons. The molecule has 3 rings (SSSR count). The number of carbonyl (C=O) groups is 1. The van der Waals surface area contributed by atoms with Gasteiger partial charge in [-0.3, -0.25) is 4.79 Å². The van der Waals surface area contributed by atoms with Crippen LogP contribution in [-0.4, -0.2) is 25.7 Å². The zero-order valence-electron chi connectivity index (χ0n) is 12.8. The van der Waals surface area contributed by atoms with Crippen molar-refractivity contribution in [3.63, 3.8) is 0 Å². The van der Waals surface area contributed by atoms with E-state index in [1.807, 2.05) is 18.2 Å². The molecule has 0 bridgehead atoms. The number of hydrogen-bond donors (Lipinski definition) is 1. The third-order valence-corrected chi connectivity index (χ3v) is 3.59. The summed E-state index contributed by atoms with van der Waals surface area (Å²) in [5.74, 6) is 0.312. The van der Waals surface area contributed by atoms with Gasteiger partial charge in [-0.1, -0.05) is 18.2 Å². The molecule has 1 amide bonds. The summed E-state index contributed by atoms with van der Waals surface area (Å²) >= 11 is 0. The van der Waals surface area contributed by atoms with Crippen LogP contribution in [0.4, 0.5) is 14.5 Å². The van der Waals surface area contributed by atoms with Gasteiger partial charge in [0, 0.05) is 18.2 Å². The number of hydrogen-bond acceptors (Lipinski definition) is 4. The van der Waals surface area contributed by atoms with E-state index in [0.29, 0.717) is 17.9 Å². The predicted octanol–water partition coefficient (Wildman–Crippen LogP) is 3.24. The van der Waals surface area contributed by atoms with Crippen molar-refractivity contribution in [2.45, 2.75) is 19.1 Å². The molecular formula is C17H15F2NO4. The number of methoxy groups -OCH3 is 1. The third kappa shape index (κ3) is 3.40. The smallest absolute Gasteiger partial charge is 0.387 e. The second kappa shape index (κ2) is 6.74. The quantitative estimate of drug-likeness (QED) is 0.911. The second-order valence-electron chi connectivity index (χ2n) is 5.15. The van der Waals surface area contributed by atoms with Crippen molar-refractivity contribution in [3.8, 4) is 17.2 Å². The van der Waals surface area contributed by atoms with Gasteiger partial charge in [0.15, 0.2) is 17.6 Å². The summed E-state index contributed by atoms with van der Waals surface area (Å²) < 4.78 is 39.8. The van der Waals surface area contributed by atoms with Crippen molar-refractivity contribution < 1.29 is 27.8 Å². The standard InChI is InChI=1S/C17H15F2NO4/c1-22-13-7-6-11(9-14(13)24-17(18)19)20-16(21)15-8-10-4-2-3-5-12(10)23-15/h2-7,9,15,17H,8H2,1H3,(H,20,21). The van der Waals surface area contributed by atoms with Crippen molar-refractivity contribution in [2.24, 2.45) is 0 Å². The average molecular weight is 335 g/mol. The second-order valence-corrected chi connectivity index (χ2v) is 5.15. The van der Waals surface area contributed by atoms with E-state index in [1.165, 1.54) is 25.3 Å². The van der Waals surface area contributed by atoms with Gasteiger partial charge in [-0.15, -0.1) is 0 Å². The Morgan fingerprint density at radius 1 is 1.25 bits per heavy atom. The van der Waals surface area contributed by atoms with Crippen LogP contribution in [-0.2, 0) is 11.2 Å². The number of benzene rings is 2. The van der Waals surface area contributed by atoms with Gasteiger partial charge in [-0.25, -0.2) is 0 Å². The first kappa shape index (κ1) is 16.0. The summed E-state index contributed by atoms with van der Waals surface area (Å²) in [7, 11) is 1.34. The topological polar surface area (TPSA) is 56.8 Å². The van der Waals surface area contributed by atoms with E-state index in [4.69, 9.17) is 9.47 Å². The SMILES string of the molecule is COc1ccc(NC(=O)C2Cc3ccccc3O2)cc1OC(F)F. The van der Waals surface area contributed by atoms with Crippen molar-refractivity contribution in [1.82, 2.24) is 0 Å². The molecule has 126 valence electrons. The molecular weight excluding hydrogens is 320 g/mol. The van der Waals surface area contributed by atoms with Crippen molar-refractivity contribution in [2.75, 3.05) is 12.4 Å². The number of rotatable bonds is 5. The zero-order chi connectivity index (χ0) is 17.1. The highest BCUT2D eigenvalue weighted by atomic mass is 19.3. The van der Waals surface area contributed by atoms with Crippen LogP contribution in [0.15, 0.2) is 42.5 Å². The maximum Gasteiger partial charge on any atom is 0.387 e. The number of amides is 1. The van der Waals surface area contributed by atoms with Gasteiger partial charge in [0.2, 0.25) is 0 Å².